The Morgan fingerprint density at radius 2 is 2.31 bits per heavy atom. The number of halogens is 1. The van der Waals surface area contributed by atoms with Crippen molar-refractivity contribution in [1.82, 2.24) is 14.8 Å². The minimum Gasteiger partial charge on any atom is -0.258 e. The Hall–Kier alpha value is -1.95. The lowest BCUT2D eigenvalue weighted by Gasteiger charge is -2.02. The van der Waals surface area contributed by atoms with Crippen molar-refractivity contribution in [3.05, 3.63) is 51.6 Å². The summed E-state index contributed by atoms with van der Waals surface area (Å²) in [6, 6.07) is 4.66. The summed E-state index contributed by atoms with van der Waals surface area (Å²) in [5, 5.41) is 14.7. The number of nitro benzene ring substituents is 1. The summed E-state index contributed by atoms with van der Waals surface area (Å²) in [5.74, 6) is 0. The summed E-state index contributed by atoms with van der Waals surface area (Å²) < 4.78 is 1.58. The largest absolute Gasteiger partial charge is 0.288 e. The summed E-state index contributed by atoms with van der Waals surface area (Å²) in [6.45, 7) is 0.429. The van der Waals surface area contributed by atoms with Gasteiger partial charge in [-0.25, -0.2) is 9.67 Å². The fourth-order valence-corrected chi connectivity index (χ4v) is 1.48. The number of aromatic nitrogens is 3. The van der Waals surface area contributed by atoms with Gasteiger partial charge >= 0.3 is 0 Å². The Labute approximate surface area is 95.6 Å². The summed E-state index contributed by atoms with van der Waals surface area (Å²) in [5.41, 5.74) is 0.654. The highest BCUT2D eigenvalue weighted by atomic mass is 35.5. The van der Waals surface area contributed by atoms with Crippen LogP contribution in [0, 0.1) is 10.1 Å². The molecule has 0 saturated carbocycles. The highest BCUT2D eigenvalue weighted by molar-refractivity contribution is 6.32. The maximum absolute atomic E-state index is 10.7. The van der Waals surface area contributed by atoms with E-state index < -0.39 is 4.92 Å². The topological polar surface area (TPSA) is 73.8 Å². The van der Waals surface area contributed by atoms with Crippen LogP contribution in [0.25, 0.3) is 0 Å². The smallest absolute Gasteiger partial charge is 0.258 e. The molecule has 0 amide bonds. The maximum atomic E-state index is 10.7. The van der Waals surface area contributed by atoms with Crippen molar-refractivity contribution >= 4 is 17.3 Å². The third-order valence-corrected chi connectivity index (χ3v) is 2.34. The molecule has 0 aliphatic heterocycles. The van der Waals surface area contributed by atoms with Crippen LogP contribution in [0.3, 0.4) is 0 Å². The van der Waals surface area contributed by atoms with Crippen LogP contribution in [0.1, 0.15) is 5.56 Å². The van der Waals surface area contributed by atoms with Gasteiger partial charge in [-0.05, 0) is 11.6 Å². The molecular weight excluding hydrogens is 232 g/mol. The Morgan fingerprint density at radius 1 is 1.50 bits per heavy atom. The Balaban J connectivity index is 2.29. The van der Waals surface area contributed by atoms with Gasteiger partial charge in [0, 0.05) is 6.07 Å². The van der Waals surface area contributed by atoms with Crippen molar-refractivity contribution in [2.75, 3.05) is 0 Å². The highest BCUT2D eigenvalue weighted by Gasteiger charge is 2.12. The van der Waals surface area contributed by atoms with E-state index in [2.05, 4.69) is 10.1 Å². The molecule has 7 heteroatoms. The molecular formula is C9H7ClN4O2. The third-order valence-electron chi connectivity index (χ3n) is 2.02. The van der Waals surface area contributed by atoms with E-state index >= 15 is 0 Å². The molecule has 1 aromatic carbocycles. The summed E-state index contributed by atoms with van der Waals surface area (Å²) >= 11 is 5.70. The monoisotopic (exact) mass is 238 g/mol. The van der Waals surface area contributed by atoms with Crippen LogP contribution in [-0.4, -0.2) is 19.7 Å². The number of nitrogens with zero attached hydrogens (tertiary/aromatic N) is 4. The second-order valence-corrected chi connectivity index (χ2v) is 3.54. The second kappa shape index (κ2) is 4.28. The van der Waals surface area contributed by atoms with Crippen LogP contribution in [-0.2, 0) is 6.54 Å². The van der Waals surface area contributed by atoms with Crippen LogP contribution in [0.2, 0.25) is 5.02 Å². The lowest BCUT2D eigenvalue weighted by atomic mass is 10.2. The zero-order valence-corrected chi connectivity index (χ0v) is 8.83. The van der Waals surface area contributed by atoms with E-state index in [-0.39, 0.29) is 10.7 Å². The van der Waals surface area contributed by atoms with Gasteiger partial charge in [-0.2, -0.15) is 5.10 Å². The van der Waals surface area contributed by atoms with Gasteiger partial charge in [-0.1, -0.05) is 17.7 Å². The van der Waals surface area contributed by atoms with Crippen molar-refractivity contribution in [3.63, 3.8) is 0 Å². The van der Waals surface area contributed by atoms with Crippen LogP contribution < -0.4 is 0 Å². The third kappa shape index (κ3) is 2.17. The summed E-state index contributed by atoms with van der Waals surface area (Å²) in [7, 11) is 0. The highest BCUT2D eigenvalue weighted by Crippen LogP contribution is 2.25. The zero-order valence-electron chi connectivity index (χ0n) is 8.08. The van der Waals surface area contributed by atoms with Crippen LogP contribution in [0.4, 0.5) is 5.69 Å². The van der Waals surface area contributed by atoms with E-state index in [0.29, 0.717) is 6.54 Å². The molecule has 0 bridgehead atoms. The molecule has 16 heavy (non-hydrogen) atoms. The van der Waals surface area contributed by atoms with Gasteiger partial charge in [-0.15, -0.1) is 0 Å². The first-order chi connectivity index (χ1) is 7.66. The first kappa shape index (κ1) is 10.6. The molecule has 0 spiro atoms. The molecule has 6 nitrogen and oxygen atoms in total. The first-order valence-corrected chi connectivity index (χ1v) is 4.80. The van der Waals surface area contributed by atoms with Crippen LogP contribution >= 0.6 is 11.6 Å². The number of hydrogen-bond acceptors (Lipinski definition) is 4. The molecule has 0 radical (unpaired) electrons. The van der Waals surface area contributed by atoms with Crippen LogP contribution in [0.5, 0.6) is 0 Å². The predicted octanol–water partition coefficient (Wildman–Crippen LogP) is 1.89. The molecule has 1 aromatic heterocycles. The minimum atomic E-state index is -0.507. The summed E-state index contributed by atoms with van der Waals surface area (Å²) in [4.78, 5) is 13.9. The van der Waals surface area contributed by atoms with Gasteiger partial charge in [0.25, 0.3) is 5.69 Å². The van der Waals surface area contributed by atoms with Crippen molar-refractivity contribution in [2.45, 2.75) is 6.54 Å². The number of nitro groups is 1. The average molecular weight is 239 g/mol. The fraction of sp³-hybridized carbons (Fsp3) is 0.111. The second-order valence-electron chi connectivity index (χ2n) is 3.14. The van der Waals surface area contributed by atoms with Crippen molar-refractivity contribution in [3.8, 4) is 0 Å². The number of benzene rings is 1. The zero-order chi connectivity index (χ0) is 11.5. The molecule has 0 atom stereocenters. The van der Waals surface area contributed by atoms with Gasteiger partial charge in [0.15, 0.2) is 0 Å². The van der Waals surface area contributed by atoms with E-state index in [1.165, 1.54) is 18.5 Å². The SMILES string of the molecule is O=[N+]([O-])c1cc(Cn2cncn2)ccc1Cl. The van der Waals surface area contributed by atoms with E-state index in [1.807, 2.05) is 0 Å². The Kier molecular flexibility index (Phi) is 2.82. The van der Waals surface area contributed by atoms with E-state index in [1.54, 1.807) is 17.1 Å². The van der Waals surface area contributed by atoms with Gasteiger partial charge in [0.2, 0.25) is 0 Å². The molecule has 2 aromatic rings. The molecule has 1 heterocycles. The maximum Gasteiger partial charge on any atom is 0.288 e. The van der Waals surface area contributed by atoms with Crippen LogP contribution in [0.15, 0.2) is 30.9 Å². The molecule has 0 saturated heterocycles. The molecule has 0 N–H and O–H groups in total. The van der Waals surface area contributed by atoms with E-state index in [0.717, 1.165) is 5.56 Å². The lowest BCUT2D eigenvalue weighted by molar-refractivity contribution is -0.384. The summed E-state index contributed by atoms with van der Waals surface area (Å²) in [6.07, 6.45) is 2.95. The van der Waals surface area contributed by atoms with Gasteiger partial charge in [0.1, 0.15) is 17.7 Å². The first-order valence-electron chi connectivity index (χ1n) is 4.42. The standard InChI is InChI=1S/C9H7ClN4O2/c10-8-2-1-7(3-9(8)14(15)16)4-13-6-11-5-12-13/h1-3,5-6H,4H2. The minimum absolute atomic E-state index is 0.0979. The van der Waals surface area contributed by atoms with Gasteiger partial charge in [0.05, 0.1) is 11.5 Å². The van der Waals surface area contributed by atoms with Crippen molar-refractivity contribution < 1.29 is 4.92 Å². The van der Waals surface area contributed by atoms with Gasteiger partial charge < -0.3 is 0 Å². The Morgan fingerprint density at radius 3 is 2.94 bits per heavy atom. The molecule has 0 aliphatic rings. The number of rotatable bonds is 3. The number of hydrogen-bond donors (Lipinski definition) is 0. The Bertz CT molecular complexity index is 512. The molecule has 0 aliphatic carbocycles. The van der Waals surface area contributed by atoms with Gasteiger partial charge in [-0.3, -0.25) is 10.1 Å². The lowest BCUT2D eigenvalue weighted by Crippen LogP contribution is -2.00. The van der Waals surface area contributed by atoms with E-state index in [4.69, 9.17) is 11.6 Å². The fourth-order valence-electron chi connectivity index (χ4n) is 1.30. The molecule has 82 valence electrons. The normalized spacial score (nSPS) is 10.3. The average Bonchev–Trinajstić information content (AvgIpc) is 2.73. The molecule has 0 fully saturated rings. The molecule has 0 unspecified atom stereocenters. The molecule has 2 rings (SSSR count). The van der Waals surface area contributed by atoms with Crippen molar-refractivity contribution in [1.29, 1.82) is 0 Å². The van der Waals surface area contributed by atoms with E-state index in [9.17, 15) is 10.1 Å². The quantitative estimate of drug-likeness (QED) is 0.605. The predicted molar refractivity (Wildman–Crippen MR) is 57.2 cm³/mol. The van der Waals surface area contributed by atoms with Crippen molar-refractivity contribution in [2.24, 2.45) is 0 Å².